The predicted molar refractivity (Wildman–Crippen MR) is 110 cm³/mol. The van der Waals surface area contributed by atoms with E-state index in [4.69, 9.17) is 5.11 Å². The summed E-state index contributed by atoms with van der Waals surface area (Å²) in [4.78, 5) is 42.2. The van der Waals surface area contributed by atoms with Gasteiger partial charge in [0.25, 0.3) is 5.91 Å². The van der Waals surface area contributed by atoms with Gasteiger partial charge < -0.3 is 24.8 Å². The van der Waals surface area contributed by atoms with Crippen LogP contribution in [0, 0.1) is 17.5 Å². The number of aromatic nitrogens is 2. The highest BCUT2D eigenvalue weighted by atomic mass is 19.4. The van der Waals surface area contributed by atoms with Gasteiger partial charge in [-0.25, -0.2) is 22.9 Å². The van der Waals surface area contributed by atoms with Gasteiger partial charge in [-0.15, -0.1) is 0 Å². The second-order valence-electron chi connectivity index (χ2n) is 8.31. The van der Waals surface area contributed by atoms with E-state index in [-0.39, 0.29) is 30.4 Å². The van der Waals surface area contributed by atoms with Gasteiger partial charge in [-0.1, -0.05) is 0 Å². The van der Waals surface area contributed by atoms with E-state index in [0.717, 1.165) is 14.4 Å². The minimum Gasteiger partial charge on any atom is -0.465 e. The monoisotopic (exact) mass is 521 g/mol. The van der Waals surface area contributed by atoms with Crippen molar-refractivity contribution in [2.75, 3.05) is 20.6 Å². The van der Waals surface area contributed by atoms with Crippen LogP contribution in [0.2, 0.25) is 0 Å². The lowest BCUT2D eigenvalue weighted by atomic mass is 10.0. The molecule has 2 N–H and O–H groups in total. The summed E-state index contributed by atoms with van der Waals surface area (Å²) in [6.45, 7) is -0.963. The summed E-state index contributed by atoms with van der Waals surface area (Å²) in [6.07, 6.45) is -7.49. The van der Waals surface area contributed by atoms with E-state index in [2.05, 4.69) is 4.98 Å². The van der Waals surface area contributed by atoms with E-state index < -0.39 is 78.5 Å². The smallest absolute Gasteiger partial charge is 0.449 e. The number of carbonyl (C=O) groups is 3. The maximum Gasteiger partial charge on any atom is 0.449 e. The number of hydrogen-bond acceptors (Lipinski definition) is 4. The molecule has 3 rings (SSSR count). The summed E-state index contributed by atoms with van der Waals surface area (Å²) < 4.78 is 82.0. The minimum atomic E-state index is -4.85. The number of rotatable bonds is 6. The van der Waals surface area contributed by atoms with Gasteiger partial charge in [-0.05, 0) is 18.1 Å². The van der Waals surface area contributed by atoms with Crippen LogP contribution < -0.4 is 5.32 Å². The molecule has 15 heteroatoms. The molecule has 1 aliphatic rings. The maximum absolute atomic E-state index is 14.1. The van der Waals surface area contributed by atoms with Crippen molar-refractivity contribution in [2.45, 2.75) is 38.1 Å². The Morgan fingerprint density at radius 2 is 1.75 bits per heavy atom. The summed E-state index contributed by atoms with van der Waals surface area (Å²) in [5.41, 5.74) is -1.00. The van der Waals surface area contributed by atoms with Gasteiger partial charge in [0.05, 0.1) is 12.2 Å². The molecule has 0 unspecified atom stereocenters. The van der Waals surface area contributed by atoms with E-state index in [1.807, 2.05) is 5.32 Å². The van der Waals surface area contributed by atoms with Crippen LogP contribution in [0.15, 0.2) is 12.1 Å². The first-order valence-corrected chi connectivity index (χ1v) is 10.5. The molecule has 0 radical (unpaired) electrons. The van der Waals surface area contributed by atoms with Gasteiger partial charge in [0.15, 0.2) is 17.3 Å². The number of halogens is 6. The largest absolute Gasteiger partial charge is 0.465 e. The first-order valence-electron chi connectivity index (χ1n) is 10.5. The third-order valence-corrected chi connectivity index (χ3v) is 5.53. The highest BCUT2D eigenvalue weighted by Gasteiger charge is 2.42. The molecule has 0 bridgehead atoms. The Morgan fingerprint density at radius 1 is 1.11 bits per heavy atom. The zero-order valence-corrected chi connectivity index (χ0v) is 19.0. The molecule has 1 aromatic carbocycles. The molecule has 196 valence electrons. The lowest BCUT2D eigenvalue weighted by Gasteiger charge is -2.31. The van der Waals surface area contributed by atoms with Crippen molar-refractivity contribution in [2.24, 2.45) is 0 Å². The number of nitrogens with one attached hydrogen (secondary N) is 1. The van der Waals surface area contributed by atoms with Crippen molar-refractivity contribution in [1.82, 2.24) is 24.7 Å². The quantitative estimate of drug-likeness (QED) is 0.449. The number of benzene rings is 1. The molecule has 0 saturated heterocycles. The Morgan fingerprint density at radius 3 is 2.33 bits per heavy atom. The lowest BCUT2D eigenvalue weighted by Crippen LogP contribution is -2.44. The molecule has 1 atom stereocenters. The Labute approximate surface area is 200 Å². The van der Waals surface area contributed by atoms with Crippen LogP contribution in [-0.4, -0.2) is 69.0 Å². The Hall–Kier alpha value is -3.78. The molecule has 0 spiro atoms. The average molecular weight is 521 g/mol. The maximum atomic E-state index is 14.1. The molecule has 2 heterocycles. The Balaban J connectivity index is 1.85. The zero-order valence-electron chi connectivity index (χ0n) is 19.0. The SMILES string of the molecule is CN(C)C(=O)c1nc(C(F)(F)F)n2c1CN(C(=O)C[C@@H](Cc1cc(F)c(F)cc1F)NC(=O)O)CC2. The zero-order chi connectivity index (χ0) is 26.9. The number of imidazole rings is 1. The van der Waals surface area contributed by atoms with E-state index in [9.17, 15) is 40.7 Å². The Bertz CT molecular complexity index is 1200. The molecule has 0 aliphatic carbocycles. The summed E-state index contributed by atoms with van der Waals surface area (Å²) in [5.74, 6) is -6.76. The van der Waals surface area contributed by atoms with E-state index in [1.54, 1.807) is 0 Å². The van der Waals surface area contributed by atoms with Gasteiger partial charge in [-0.3, -0.25) is 9.59 Å². The lowest BCUT2D eigenvalue weighted by molar-refractivity contribution is -0.148. The molecule has 9 nitrogen and oxygen atoms in total. The number of amides is 3. The highest BCUT2D eigenvalue weighted by Crippen LogP contribution is 2.33. The molecular weight excluding hydrogens is 500 g/mol. The fraction of sp³-hybridized carbons (Fsp3) is 0.429. The van der Waals surface area contributed by atoms with Gasteiger partial charge in [-0.2, -0.15) is 13.2 Å². The molecule has 1 aromatic heterocycles. The van der Waals surface area contributed by atoms with Crippen molar-refractivity contribution < 1.29 is 45.8 Å². The fourth-order valence-corrected chi connectivity index (χ4v) is 3.85. The second kappa shape index (κ2) is 10.1. The standard InChI is InChI=1S/C21H21F6N5O4/c1-30(2)18(34)17-15-9-31(3-4-32(15)19(29-17)21(25,26)27)16(33)7-11(28-20(35)36)5-10-6-13(23)14(24)8-12(10)22/h6,8,11,28H,3-5,7,9H2,1-2H3,(H,35,36)/t11-/m1/s1. The average Bonchev–Trinajstić information content (AvgIpc) is 3.15. The molecule has 36 heavy (non-hydrogen) atoms. The van der Waals surface area contributed by atoms with Crippen molar-refractivity contribution in [3.05, 3.63) is 52.4 Å². The van der Waals surface area contributed by atoms with Gasteiger partial charge in [0, 0.05) is 45.7 Å². The van der Waals surface area contributed by atoms with Crippen molar-refractivity contribution >= 4 is 17.9 Å². The third kappa shape index (κ3) is 5.71. The van der Waals surface area contributed by atoms with E-state index in [1.165, 1.54) is 14.1 Å². The molecule has 1 aliphatic heterocycles. The summed E-state index contributed by atoms with van der Waals surface area (Å²) in [7, 11) is 2.65. The van der Waals surface area contributed by atoms with Crippen LogP contribution in [0.25, 0.3) is 0 Å². The van der Waals surface area contributed by atoms with Crippen LogP contribution in [-0.2, 0) is 30.5 Å². The molecule has 3 amide bonds. The fourth-order valence-electron chi connectivity index (χ4n) is 3.85. The van der Waals surface area contributed by atoms with Gasteiger partial charge in [0.2, 0.25) is 11.7 Å². The topological polar surface area (TPSA) is 108 Å². The summed E-state index contributed by atoms with van der Waals surface area (Å²) >= 11 is 0. The summed E-state index contributed by atoms with van der Waals surface area (Å²) in [5, 5.41) is 11.1. The van der Waals surface area contributed by atoms with Crippen LogP contribution in [0.4, 0.5) is 31.1 Å². The normalized spacial score (nSPS) is 14.3. The van der Waals surface area contributed by atoms with E-state index >= 15 is 0 Å². The highest BCUT2D eigenvalue weighted by molar-refractivity contribution is 5.93. The van der Waals surface area contributed by atoms with Crippen molar-refractivity contribution in [1.29, 1.82) is 0 Å². The number of carbonyl (C=O) groups excluding carboxylic acids is 2. The minimum absolute atomic E-state index is 0.144. The number of hydrogen-bond donors (Lipinski definition) is 2. The number of fused-ring (bicyclic) bond motifs is 1. The van der Waals surface area contributed by atoms with Crippen molar-refractivity contribution in [3.8, 4) is 0 Å². The first-order chi connectivity index (χ1) is 16.7. The van der Waals surface area contributed by atoms with Crippen LogP contribution in [0.3, 0.4) is 0 Å². The predicted octanol–water partition coefficient (Wildman–Crippen LogP) is 2.63. The Kier molecular flexibility index (Phi) is 7.50. The second-order valence-corrected chi connectivity index (χ2v) is 8.31. The summed E-state index contributed by atoms with van der Waals surface area (Å²) in [6, 6.07) is -0.435. The van der Waals surface area contributed by atoms with E-state index in [0.29, 0.717) is 6.07 Å². The first kappa shape index (κ1) is 26.8. The molecule has 0 fully saturated rings. The number of alkyl halides is 3. The number of nitrogens with zero attached hydrogens (tertiary/aromatic N) is 4. The van der Waals surface area contributed by atoms with Crippen molar-refractivity contribution in [3.63, 3.8) is 0 Å². The van der Waals surface area contributed by atoms with Crippen LogP contribution >= 0.6 is 0 Å². The molecule has 2 aromatic rings. The number of carboxylic acid groups (broad SMARTS) is 1. The van der Waals surface area contributed by atoms with Gasteiger partial charge >= 0.3 is 12.3 Å². The molecular formula is C21H21F6N5O4. The van der Waals surface area contributed by atoms with Crippen LogP contribution in [0.1, 0.15) is 34.0 Å². The van der Waals surface area contributed by atoms with Crippen LogP contribution in [0.5, 0.6) is 0 Å². The third-order valence-electron chi connectivity index (χ3n) is 5.53. The molecule has 0 saturated carbocycles. The van der Waals surface area contributed by atoms with Gasteiger partial charge in [0.1, 0.15) is 5.82 Å².